The van der Waals surface area contributed by atoms with Gasteiger partial charge in [0.2, 0.25) is 5.91 Å². The predicted molar refractivity (Wildman–Crippen MR) is 63.3 cm³/mol. The number of carbonyl (C=O) groups is 2. The molecule has 0 aromatic heterocycles. The molecule has 0 aliphatic heterocycles. The molecule has 2 N–H and O–H groups in total. The molecule has 1 amide bonds. The Morgan fingerprint density at radius 1 is 1.53 bits per heavy atom. The van der Waals surface area contributed by atoms with E-state index < -0.39 is 17.4 Å². The quantitative estimate of drug-likeness (QED) is 0.475. The van der Waals surface area contributed by atoms with Crippen molar-refractivity contribution < 1.29 is 14.7 Å². The molecule has 0 bridgehead atoms. The molecule has 6 nitrogen and oxygen atoms in total. The van der Waals surface area contributed by atoms with Gasteiger partial charge >= 0.3 is 0 Å². The van der Waals surface area contributed by atoms with Gasteiger partial charge in [-0.2, -0.15) is 0 Å². The molecule has 1 atom stereocenters. The number of aliphatic hydroxyl groups is 1. The van der Waals surface area contributed by atoms with E-state index in [4.69, 9.17) is 5.11 Å². The van der Waals surface area contributed by atoms with Gasteiger partial charge in [-0.25, -0.2) is 0 Å². The Kier molecular flexibility index (Phi) is 6.27. The lowest BCUT2D eigenvalue weighted by atomic mass is 9.85. The van der Waals surface area contributed by atoms with Crippen LogP contribution in [-0.4, -0.2) is 36.0 Å². The summed E-state index contributed by atoms with van der Waals surface area (Å²) < 4.78 is 0. The van der Waals surface area contributed by atoms with Crippen molar-refractivity contribution in [3.05, 3.63) is 17.6 Å². The first-order valence-corrected chi connectivity index (χ1v) is 5.25. The number of ketones is 1. The highest BCUT2D eigenvalue weighted by atomic mass is 16.3. The third kappa shape index (κ3) is 4.86. The van der Waals surface area contributed by atoms with Gasteiger partial charge in [0.25, 0.3) is 0 Å². The van der Waals surface area contributed by atoms with Crippen molar-refractivity contribution in [3.8, 4) is 0 Å². The SMILES string of the molecule is C=CC(=O)CCNC(=O)C(N=O)C(C)(C)CO. The van der Waals surface area contributed by atoms with E-state index in [1.165, 1.54) is 6.08 Å². The van der Waals surface area contributed by atoms with Gasteiger partial charge in [-0.05, 0) is 6.08 Å². The Balaban J connectivity index is 4.33. The van der Waals surface area contributed by atoms with E-state index in [-0.39, 0.29) is 25.4 Å². The fraction of sp³-hybridized carbons (Fsp3) is 0.636. The van der Waals surface area contributed by atoms with Crippen molar-refractivity contribution in [2.75, 3.05) is 13.2 Å². The molecule has 0 aromatic carbocycles. The Morgan fingerprint density at radius 3 is 2.53 bits per heavy atom. The molecule has 0 aliphatic carbocycles. The average Bonchev–Trinajstić information content (AvgIpc) is 2.29. The smallest absolute Gasteiger partial charge is 0.249 e. The second-order valence-electron chi connectivity index (χ2n) is 4.37. The predicted octanol–water partition coefficient (Wildman–Crippen LogP) is 0.401. The molecular formula is C11H18N2O4. The molecule has 0 radical (unpaired) electrons. The van der Waals surface area contributed by atoms with Crippen molar-refractivity contribution in [1.82, 2.24) is 5.32 Å². The molecule has 96 valence electrons. The third-order valence-corrected chi connectivity index (χ3v) is 2.40. The molecular weight excluding hydrogens is 224 g/mol. The minimum atomic E-state index is -1.17. The number of aliphatic hydroxyl groups excluding tert-OH is 1. The van der Waals surface area contributed by atoms with Gasteiger partial charge in [-0.15, -0.1) is 4.91 Å². The highest BCUT2D eigenvalue weighted by Gasteiger charge is 2.36. The minimum absolute atomic E-state index is 0.122. The number of hydrogen-bond donors (Lipinski definition) is 2. The second-order valence-corrected chi connectivity index (χ2v) is 4.37. The van der Waals surface area contributed by atoms with E-state index in [2.05, 4.69) is 17.1 Å². The molecule has 1 unspecified atom stereocenters. The van der Waals surface area contributed by atoms with Gasteiger partial charge in [0.05, 0.1) is 6.61 Å². The molecule has 0 aliphatic rings. The maximum Gasteiger partial charge on any atom is 0.249 e. The van der Waals surface area contributed by atoms with Crippen LogP contribution in [0.1, 0.15) is 20.3 Å². The van der Waals surface area contributed by atoms with Crippen molar-refractivity contribution in [2.45, 2.75) is 26.3 Å². The zero-order valence-corrected chi connectivity index (χ0v) is 10.1. The lowest BCUT2D eigenvalue weighted by molar-refractivity contribution is -0.125. The van der Waals surface area contributed by atoms with Gasteiger partial charge in [0, 0.05) is 18.4 Å². The second kappa shape index (κ2) is 6.90. The summed E-state index contributed by atoms with van der Waals surface area (Å²) in [7, 11) is 0. The summed E-state index contributed by atoms with van der Waals surface area (Å²) in [6.45, 7) is 6.22. The van der Waals surface area contributed by atoms with Crippen LogP contribution in [-0.2, 0) is 9.59 Å². The summed E-state index contributed by atoms with van der Waals surface area (Å²) in [5, 5.41) is 14.2. The topological polar surface area (TPSA) is 95.8 Å². The van der Waals surface area contributed by atoms with Crippen molar-refractivity contribution in [2.24, 2.45) is 10.6 Å². The largest absolute Gasteiger partial charge is 0.396 e. The first-order valence-electron chi connectivity index (χ1n) is 5.25. The number of nitroso groups, excluding NO2 is 1. The van der Waals surface area contributed by atoms with Crippen molar-refractivity contribution in [3.63, 3.8) is 0 Å². The highest BCUT2D eigenvalue weighted by molar-refractivity contribution is 5.90. The highest BCUT2D eigenvalue weighted by Crippen LogP contribution is 2.22. The molecule has 0 fully saturated rings. The number of rotatable bonds is 8. The van der Waals surface area contributed by atoms with E-state index in [1.54, 1.807) is 13.8 Å². The zero-order valence-electron chi connectivity index (χ0n) is 10.1. The Hall–Kier alpha value is -1.56. The fourth-order valence-corrected chi connectivity index (χ4v) is 1.14. The van der Waals surface area contributed by atoms with E-state index in [0.717, 1.165) is 0 Å². The maximum absolute atomic E-state index is 11.6. The van der Waals surface area contributed by atoms with Gasteiger partial charge in [0.1, 0.15) is 0 Å². The molecule has 17 heavy (non-hydrogen) atoms. The molecule has 0 heterocycles. The number of nitrogens with zero attached hydrogens (tertiary/aromatic N) is 1. The summed E-state index contributed by atoms with van der Waals surface area (Å²) >= 11 is 0. The summed E-state index contributed by atoms with van der Waals surface area (Å²) in [5.74, 6) is -0.779. The monoisotopic (exact) mass is 242 g/mol. The number of allylic oxidation sites excluding steroid dienone is 1. The Labute approximate surface area is 100 Å². The summed E-state index contributed by atoms with van der Waals surface area (Å²) in [6, 6.07) is -1.17. The van der Waals surface area contributed by atoms with Crippen LogP contribution in [0.4, 0.5) is 0 Å². The van der Waals surface area contributed by atoms with E-state index in [0.29, 0.717) is 0 Å². The van der Waals surface area contributed by atoms with Crippen LogP contribution in [0.15, 0.2) is 17.8 Å². The lowest BCUT2D eigenvalue weighted by Gasteiger charge is -2.25. The average molecular weight is 242 g/mol. The van der Waals surface area contributed by atoms with Gasteiger partial charge in [-0.1, -0.05) is 25.6 Å². The number of carbonyl (C=O) groups excluding carboxylic acids is 2. The van der Waals surface area contributed by atoms with Crippen LogP contribution in [0, 0.1) is 10.3 Å². The minimum Gasteiger partial charge on any atom is -0.396 e. The van der Waals surface area contributed by atoms with Crippen LogP contribution in [0.2, 0.25) is 0 Å². The van der Waals surface area contributed by atoms with Gasteiger partial charge in [-0.3, -0.25) is 9.59 Å². The van der Waals surface area contributed by atoms with Crippen molar-refractivity contribution in [1.29, 1.82) is 0 Å². The van der Waals surface area contributed by atoms with E-state index >= 15 is 0 Å². The van der Waals surface area contributed by atoms with Crippen LogP contribution in [0.5, 0.6) is 0 Å². The Bertz CT molecular complexity index is 313. The summed E-state index contributed by atoms with van der Waals surface area (Å²) in [6.07, 6.45) is 1.29. The first kappa shape index (κ1) is 15.4. The van der Waals surface area contributed by atoms with Gasteiger partial charge in [0.15, 0.2) is 11.8 Å². The van der Waals surface area contributed by atoms with Crippen LogP contribution in [0.25, 0.3) is 0 Å². The standard InChI is InChI=1S/C11H18N2O4/c1-4-8(15)5-6-12-10(16)9(13-17)11(2,3)7-14/h4,9,14H,1,5-7H2,2-3H3,(H,12,16). The van der Waals surface area contributed by atoms with Crippen molar-refractivity contribution >= 4 is 11.7 Å². The zero-order chi connectivity index (χ0) is 13.5. The summed E-state index contributed by atoms with van der Waals surface area (Å²) in [4.78, 5) is 33.1. The van der Waals surface area contributed by atoms with Crippen LogP contribution >= 0.6 is 0 Å². The summed E-state index contributed by atoms with van der Waals surface area (Å²) in [5.41, 5.74) is -0.922. The molecule has 6 heteroatoms. The lowest BCUT2D eigenvalue weighted by Crippen LogP contribution is -2.44. The molecule has 0 rings (SSSR count). The normalized spacial score (nSPS) is 12.6. The first-order chi connectivity index (χ1) is 7.88. The third-order valence-electron chi connectivity index (χ3n) is 2.40. The number of nitrogens with one attached hydrogen (secondary N) is 1. The van der Waals surface area contributed by atoms with Crippen LogP contribution in [0.3, 0.4) is 0 Å². The van der Waals surface area contributed by atoms with E-state index in [9.17, 15) is 14.5 Å². The van der Waals surface area contributed by atoms with E-state index in [1.807, 2.05) is 0 Å². The fourth-order valence-electron chi connectivity index (χ4n) is 1.14. The maximum atomic E-state index is 11.6. The number of amides is 1. The Morgan fingerprint density at radius 2 is 2.12 bits per heavy atom. The molecule has 0 saturated carbocycles. The molecule has 0 aromatic rings. The van der Waals surface area contributed by atoms with Gasteiger partial charge < -0.3 is 10.4 Å². The van der Waals surface area contributed by atoms with Crippen LogP contribution < -0.4 is 5.32 Å². The number of hydrogen-bond acceptors (Lipinski definition) is 5. The molecule has 0 saturated heterocycles. The molecule has 0 spiro atoms.